The van der Waals surface area contributed by atoms with Gasteiger partial charge in [0.2, 0.25) is 5.89 Å². The van der Waals surface area contributed by atoms with E-state index in [2.05, 4.69) is 44.4 Å². The van der Waals surface area contributed by atoms with Crippen LogP contribution in [0.1, 0.15) is 33.7 Å². The van der Waals surface area contributed by atoms with Crippen molar-refractivity contribution < 1.29 is 9.32 Å². The second-order valence-corrected chi connectivity index (χ2v) is 8.29. The van der Waals surface area contributed by atoms with Gasteiger partial charge in [-0.3, -0.25) is 14.4 Å². The lowest BCUT2D eigenvalue weighted by Crippen LogP contribution is -2.61. The van der Waals surface area contributed by atoms with E-state index in [-0.39, 0.29) is 17.2 Å². The van der Waals surface area contributed by atoms with Gasteiger partial charge in [-0.25, -0.2) is 0 Å². The van der Waals surface area contributed by atoms with Crippen molar-refractivity contribution in [1.82, 2.24) is 29.7 Å². The van der Waals surface area contributed by atoms with Crippen LogP contribution in [0.2, 0.25) is 0 Å². The van der Waals surface area contributed by atoms with Gasteiger partial charge < -0.3 is 9.42 Å². The summed E-state index contributed by atoms with van der Waals surface area (Å²) in [6, 6.07) is 12.2. The summed E-state index contributed by atoms with van der Waals surface area (Å²) in [7, 11) is 1.82. The molecule has 5 rings (SSSR count). The Balaban J connectivity index is 1.36. The number of carbonyl (C=O) groups is 1. The van der Waals surface area contributed by atoms with E-state index in [1.165, 1.54) is 5.56 Å². The number of carbonyl (C=O) groups excluding carboxylic acids is 1. The third-order valence-corrected chi connectivity index (χ3v) is 6.04. The Morgan fingerprint density at radius 1 is 1.21 bits per heavy atom. The molecule has 1 atom stereocenters. The maximum atomic E-state index is 12.8. The van der Waals surface area contributed by atoms with Gasteiger partial charge in [0.05, 0.1) is 5.92 Å². The molecule has 29 heavy (non-hydrogen) atoms. The molecule has 150 valence electrons. The highest BCUT2D eigenvalue weighted by Gasteiger charge is 2.57. The zero-order valence-electron chi connectivity index (χ0n) is 16.7. The van der Waals surface area contributed by atoms with Gasteiger partial charge in [0.1, 0.15) is 5.69 Å². The fraction of sp³-hybridized carbons (Fsp3) is 0.429. The Morgan fingerprint density at radius 2 is 2.00 bits per heavy atom. The van der Waals surface area contributed by atoms with Gasteiger partial charge in [0.25, 0.3) is 5.91 Å². The molecule has 2 aromatic heterocycles. The molecule has 0 aliphatic carbocycles. The second-order valence-electron chi connectivity index (χ2n) is 8.29. The quantitative estimate of drug-likeness (QED) is 0.674. The Bertz CT molecular complexity index is 1020. The molecule has 1 aromatic carbocycles. The summed E-state index contributed by atoms with van der Waals surface area (Å²) in [5.74, 6) is 1.44. The molecule has 1 amide bonds. The lowest BCUT2D eigenvalue weighted by Gasteiger charge is -2.50. The molecule has 1 unspecified atom stereocenters. The van der Waals surface area contributed by atoms with Gasteiger partial charge in [-0.2, -0.15) is 10.1 Å². The molecule has 0 bridgehead atoms. The van der Waals surface area contributed by atoms with E-state index in [0.29, 0.717) is 30.5 Å². The molecular weight excluding hydrogens is 368 g/mol. The Labute approximate surface area is 169 Å². The molecule has 8 heteroatoms. The van der Waals surface area contributed by atoms with Gasteiger partial charge in [-0.1, -0.05) is 35.5 Å². The van der Waals surface area contributed by atoms with Gasteiger partial charge in [0.15, 0.2) is 5.82 Å². The van der Waals surface area contributed by atoms with E-state index < -0.39 is 0 Å². The summed E-state index contributed by atoms with van der Waals surface area (Å²) in [4.78, 5) is 21.6. The molecule has 0 radical (unpaired) electrons. The molecule has 1 spiro atoms. The predicted molar refractivity (Wildman–Crippen MR) is 105 cm³/mol. The van der Waals surface area contributed by atoms with Crippen molar-refractivity contribution in [2.75, 3.05) is 26.2 Å². The molecule has 4 heterocycles. The number of nitrogens with zero attached hydrogens (tertiary/aromatic N) is 6. The van der Waals surface area contributed by atoms with E-state index in [4.69, 9.17) is 4.52 Å². The van der Waals surface area contributed by atoms with Crippen LogP contribution in [0.25, 0.3) is 0 Å². The number of benzene rings is 1. The molecule has 0 saturated carbocycles. The molecule has 8 nitrogen and oxygen atoms in total. The maximum absolute atomic E-state index is 12.8. The highest BCUT2D eigenvalue weighted by Crippen LogP contribution is 2.49. The maximum Gasteiger partial charge on any atom is 0.274 e. The number of amides is 1. The SMILES string of the molecule is Cc1noc(C2CN(Cc3ccccc3)CC23CN(C(=O)c2ccn(C)n2)C3)n1. The Morgan fingerprint density at radius 3 is 2.66 bits per heavy atom. The number of aryl methyl sites for hydroxylation is 2. The second kappa shape index (κ2) is 6.81. The molecule has 3 aromatic rings. The van der Waals surface area contributed by atoms with Gasteiger partial charge in [-0.15, -0.1) is 0 Å². The van der Waals surface area contributed by atoms with Crippen LogP contribution in [0.5, 0.6) is 0 Å². The molecule has 2 aliphatic heterocycles. The standard InChI is InChI=1S/C21H24N6O2/c1-15-22-19(29-24-15)17-11-26(10-16-6-4-3-5-7-16)12-21(17)13-27(14-21)20(28)18-8-9-25(2)23-18/h3-9,17H,10-14H2,1-2H3. The van der Waals surface area contributed by atoms with Crippen molar-refractivity contribution in [3.8, 4) is 0 Å². The van der Waals surface area contributed by atoms with Crippen molar-refractivity contribution in [2.45, 2.75) is 19.4 Å². The number of rotatable bonds is 4. The minimum Gasteiger partial charge on any atom is -0.339 e. The molecular formula is C21H24N6O2. The first kappa shape index (κ1) is 18.1. The number of hydrogen-bond acceptors (Lipinski definition) is 6. The van der Waals surface area contributed by atoms with Crippen molar-refractivity contribution in [3.05, 3.63) is 65.6 Å². The van der Waals surface area contributed by atoms with Gasteiger partial charge in [-0.05, 0) is 18.6 Å². The summed E-state index contributed by atoms with van der Waals surface area (Å²) in [6.07, 6.45) is 1.80. The monoisotopic (exact) mass is 392 g/mol. The van der Waals surface area contributed by atoms with Crippen LogP contribution in [-0.2, 0) is 13.6 Å². The van der Waals surface area contributed by atoms with Crippen LogP contribution in [0.4, 0.5) is 0 Å². The van der Waals surface area contributed by atoms with Crippen LogP contribution in [-0.4, -0.2) is 61.8 Å². The fourth-order valence-electron chi connectivity index (χ4n) is 4.70. The summed E-state index contributed by atoms with van der Waals surface area (Å²) in [5.41, 5.74) is 1.72. The zero-order valence-corrected chi connectivity index (χ0v) is 16.7. The molecule has 2 fully saturated rings. The first-order valence-electron chi connectivity index (χ1n) is 9.88. The van der Waals surface area contributed by atoms with Gasteiger partial charge in [0, 0.05) is 51.4 Å². The van der Waals surface area contributed by atoms with Crippen molar-refractivity contribution >= 4 is 5.91 Å². The van der Waals surface area contributed by atoms with E-state index in [0.717, 1.165) is 19.6 Å². The van der Waals surface area contributed by atoms with Crippen LogP contribution in [0.3, 0.4) is 0 Å². The van der Waals surface area contributed by atoms with Crippen LogP contribution < -0.4 is 0 Å². The highest BCUT2D eigenvalue weighted by atomic mass is 16.5. The minimum absolute atomic E-state index is 0.0156. The lowest BCUT2D eigenvalue weighted by molar-refractivity contribution is -0.00170. The average molecular weight is 392 g/mol. The van der Waals surface area contributed by atoms with E-state index >= 15 is 0 Å². The fourth-order valence-corrected chi connectivity index (χ4v) is 4.70. The molecule has 2 aliphatic rings. The third-order valence-electron chi connectivity index (χ3n) is 6.04. The smallest absolute Gasteiger partial charge is 0.274 e. The third kappa shape index (κ3) is 3.23. The first-order valence-corrected chi connectivity index (χ1v) is 9.88. The number of aromatic nitrogens is 4. The van der Waals surface area contributed by atoms with E-state index in [9.17, 15) is 4.79 Å². The first-order chi connectivity index (χ1) is 14.0. The van der Waals surface area contributed by atoms with E-state index in [1.54, 1.807) is 16.9 Å². The highest BCUT2D eigenvalue weighted by molar-refractivity contribution is 5.93. The van der Waals surface area contributed by atoms with Crippen LogP contribution in [0.15, 0.2) is 47.1 Å². The summed E-state index contributed by atoms with van der Waals surface area (Å²) in [6.45, 7) is 5.83. The number of hydrogen-bond donors (Lipinski definition) is 0. The minimum atomic E-state index is -0.0573. The average Bonchev–Trinajstić information content (AvgIpc) is 3.39. The summed E-state index contributed by atoms with van der Waals surface area (Å²) in [5, 5.41) is 8.25. The van der Waals surface area contributed by atoms with Crippen LogP contribution >= 0.6 is 0 Å². The number of likely N-dealkylation sites (tertiary alicyclic amines) is 2. The Kier molecular flexibility index (Phi) is 4.24. The zero-order chi connectivity index (χ0) is 20.0. The summed E-state index contributed by atoms with van der Waals surface area (Å²) >= 11 is 0. The van der Waals surface area contributed by atoms with Gasteiger partial charge >= 0.3 is 0 Å². The van der Waals surface area contributed by atoms with Crippen molar-refractivity contribution in [2.24, 2.45) is 12.5 Å². The largest absolute Gasteiger partial charge is 0.339 e. The Hall–Kier alpha value is -3.00. The topological polar surface area (TPSA) is 80.3 Å². The predicted octanol–water partition coefficient (Wildman–Crippen LogP) is 1.85. The van der Waals surface area contributed by atoms with Crippen molar-refractivity contribution in [1.29, 1.82) is 0 Å². The van der Waals surface area contributed by atoms with Crippen molar-refractivity contribution in [3.63, 3.8) is 0 Å². The molecule has 2 saturated heterocycles. The molecule has 0 N–H and O–H groups in total. The normalized spacial score (nSPS) is 20.9. The van der Waals surface area contributed by atoms with E-state index in [1.807, 2.05) is 24.9 Å². The lowest BCUT2D eigenvalue weighted by atomic mass is 9.71. The van der Waals surface area contributed by atoms with Crippen LogP contribution in [0, 0.1) is 12.3 Å². The summed E-state index contributed by atoms with van der Waals surface area (Å²) < 4.78 is 7.21.